The lowest BCUT2D eigenvalue weighted by molar-refractivity contribution is -0.130. The van der Waals surface area contributed by atoms with Gasteiger partial charge in [-0.05, 0) is 51.7 Å². The highest BCUT2D eigenvalue weighted by molar-refractivity contribution is 5.80. The Kier molecular flexibility index (Phi) is 7.82. The third-order valence-corrected chi connectivity index (χ3v) is 5.11. The van der Waals surface area contributed by atoms with E-state index in [9.17, 15) is 4.79 Å². The van der Waals surface area contributed by atoms with Gasteiger partial charge in [-0.25, -0.2) is 0 Å². The Labute approximate surface area is 147 Å². The molecule has 0 aliphatic carbocycles. The second kappa shape index (κ2) is 9.87. The van der Waals surface area contributed by atoms with Gasteiger partial charge < -0.3 is 20.0 Å². The molecule has 0 spiro atoms. The number of aliphatic imine (C=N–C) groups is 1. The number of piperidine rings is 1. The highest BCUT2D eigenvalue weighted by Crippen LogP contribution is 2.17. The van der Waals surface area contributed by atoms with Gasteiger partial charge in [0.2, 0.25) is 5.91 Å². The average Bonchev–Trinajstić information content (AvgIpc) is 2.60. The molecule has 24 heavy (non-hydrogen) atoms. The number of rotatable bonds is 5. The number of hydrogen-bond donors (Lipinski definition) is 1. The Morgan fingerprint density at radius 1 is 1.04 bits per heavy atom. The predicted molar refractivity (Wildman–Crippen MR) is 99.3 cm³/mol. The molecule has 2 heterocycles. The maximum absolute atomic E-state index is 11.5. The summed E-state index contributed by atoms with van der Waals surface area (Å²) in [4.78, 5) is 23.2. The largest absolute Gasteiger partial charge is 0.357 e. The second-order valence-corrected chi connectivity index (χ2v) is 6.97. The number of hydrogen-bond acceptors (Lipinski definition) is 3. The van der Waals surface area contributed by atoms with Crippen molar-refractivity contribution < 1.29 is 4.79 Å². The molecule has 0 aromatic heterocycles. The molecule has 6 heteroatoms. The van der Waals surface area contributed by atoms with Gasteiger partial charge in [0, 0.05) is 46.2 Å². The summed E-state index contributed by atoms with van der Waals surface area (Å²) in [5.41, 5.74) is 0. The van der Waals surface area contributed by atoms with Crippen molar-refractivity contribution >= 4 is 11.9 Å². The van der Waals surface area contributed by atoms with Crippen LogP contribution in [0.5, 0.6) is 0 Å². The smallest absolute Gasteiger partial charge is 0.219 e. The van der Waals surface area contributed by atoms with Gasteiger partial charge in [0.15, 0.2) is 5.96 Å². The molecular formula is C18H35N5O. The Morgan fingerprint density at radius 3 is 2.21 bits per heavy atom. The molecule has 6 nitrogen and oxygen atoms in total. The molecule has 1 amide bonds. The van der Waals surface area contributed by atoms with E-state index < -0.39 is 0 Å². The van der Waals surface area contributed by atoms with Crippen molar-refractivity contribution in [3.05, 3.63) is 0 Å². The number of amides is 1. The monoisotopic (exact) mass is 337 g/mol. The lowest BCUT2D eigenvalue weighted by Gasteiger charge is -2.36. The van der Waals surface area contributed by atoms with E-state index in [-0.39, 0.29) is 5.91 Å². The van der Waals surface area contributed by atoms with Gasteiger partial charge in [0.25, 0.3) is 0 Å². The zero-order valence-corrected chi connectivity index (χ0v) is 15.8. The van der Waals surface area contributed by atoms with Crippen LogP contribution in [0.3, 0.4) is 0 Å². The van der Waals surface area contributed by atoms with Crippen molar-refractivity contribution in [1.29, 1.82) is 0 Å². The molecule has 0 aromatic carbocycles. The van der Waals surface area contributed by atoms with Crippen molar-refractivity contribution in [3.63, 3.8) is 0 Å². The minimum absolute atomic E-state index is 0.176. The van der Waals surface area contributed by atoms with E-state index in [1.165, 1.54) is 38.9 Å². The quantitative estimate of drug-likeness (QED) is 0.606. The molecule has 0 saturated carbocycles. The van der Waals surface area contributed by atoms with Crippen molar-refractivity contribution in [1.82, 2.24) is 20.0 Å². The Hall–Kier alpha value is -1.30. The first-order valence-electron chi connectivity index (χ1n) is 9.65. The fourth-order valence-corrected chi connectivity index (χ4v) is 3.58. The summed E-state index contributed by atoms with van der Waals surface area (Å²) in [6.45, 7) is 14.9. The van der Waals surface area contributed by atoms with Crippen molar-refractivity contribution in [3.8, 4) is 0 Å². The van der Waals surface area contributed by atoms with Crippen LogP contribution in [0, 0.1) is 5.92 Å². The van der Waals surface area contributed by atoms with E-state index in [0.29, 0.717) is 5.92 Å². The first-order valence-corrected chi connectivity index (χ1v) is 9.65. The standard InChI is InChI=1S/C18H35N5O/c1-4-8-21-9-6-17(7-10-21)15-20-18(19-5-2)23-13-11-22(12-14-23)16(3)24/h17H,4-15H2,1-3H3,(H,19,20). The lowest BCUT2D eigenvalue weighted by Crippen LogP contribution is -2.53. The summed E-state index contributed by atoms with van der Waals surface area (Å²) in [5, 5.41) is 3.43. The first-order chi connectivity index (χ1) is 11.6. The molecule has 2 aliphatic rings. The molecule has 2 rings (SSSR count). The molecule has 138 valence electrons. The third kappa shape index (κ3) is 5.65. The summed E-state index contributed by atoms with van der Waals surface area (Å²) >= 11 is 0. The van der Waals surface area contributed by atoms with Crippen LogP contribution in [0.1, 0.15) is 40.0 Å². The first kappa shape index (κ1) is 19.0. The number of piperazine rings is 1. The summed E-state index contributed by atoms with van der Waals surface area (Å²) in [7, 11) is 0. The van der Waals surface area contributed by atoms with Gasteiger partial charge >= 0.3 is 0 Å². The number of nitrogens with zero attached hydrogens (tertiary/aromatic N) is 4. The molecule has 0 unspecified atom stereocenters. The molecule has 0 bridgehead atoms. The zero-order valence-electron chi connectivity index (χ0n) is 15.8. The zero-order chi connectivity index (χ0) is 17.4. The number of nitrogens with one attached hydrogen (secondary N) is 1. The molecule has 2 fully saturated rings. The van der Waals surface area contributed by atoms with Crippen LogP contribution >= 0.6 is 0 Å². The van der Waals surface area contributed by atoms with Crippen molar-refractivity contribution in [2.45, 2.75) is 40.0 Å². The van der Waals surface area contributed by atoms with Gasteiger partial charge in [-0.1, -0.05) is 6.92 Å². The maximum Gasteiger partial charge on any atom is 0.219 e. The van der Waals surface area contributed by atoms with E-state index in [1.807, 2.05) is 4.90 Å². The van der Waals surface area contributed by atoms with Gasteiger partial charge in [0.1, 0.15) is 0 Å². The molecule has 2 saturated heterocycles. The van der Waals surface area contributed by atoms with Gasteiger partial charge in [-0.3, -0.25) is 9.79 Å². The fraction of sp³-hybridized carbons (Fsp3) is 0.889. The van der Waals surface area contributed by atoms with E-state index in [1.54, 1.807) is 6.92 Å². The predicted octanol–water partition coefficient (Wildman–Crippen LogP) is 1.24. The Balaban J connectivity index is 1.82. The topological polar surface area (TPSA) is 51.2 Å². The lowest BCUT2D eigenvalue weighted by atomic mass is 9.97. The van der Waals surface area contributed by atoms with E-state index >= 15 is 0 Å². The highest BCUT2D eigenvalue weighted by Gasteiger charge is 2.22. The van der Waals surface area contributed by atoms with Gasteiger partial charge in [-0.15, -0.1) is 0 Å². The van der Waals surface area contributed by atoms with E-state index in [4.69, 9.17) is 4.99 Å². The summed E-state index contributed by atoms with van der Waals surface area (Å²) in [6.07, 6.45) is 3.78. The third-order valence-electron chi connectivity index (χ3n) is 5.11. The second-order valence-electron chi connectivity index (χ2n) is 6.97. The molecule has 0 atom stereocenters. The van der Waals surface area contributed by atoms with Gasteiger partial charge in [0.05, 0.1) is 0 Å². The number of carbonyl (C=O) groups is 1. The van der Waals surface area contributed by atoms with Crippen molar-refractivity contribution in [2.24, 2.45) is 10.9 Å². The van der Waals surface area contributed by atoms with E-state index in [2.05, 4.69) is 29.0 Å². The van der Waals surface area contributed by atoms with Crippen LogP contribution in [0.25, 0.3) is 0 Å². The molecule has 0 aromatic rings. The maximum atomic E-state index is 11.5. The fourth-order valence-electron chi connectivity index (χ4n) is 3.58. The Morgan fingerprint density at radius 2 is 1.67 bits per heavy atom. The molecule has 2 aliphatic heterocycles. The SMILES string of the molecule is CCCN1CCC(CN=C(NCC)N2CCN(C(C)=O)CC2)CC1. The minimum Gasteiger partial charge on any atom is -0.357 e. The number of carbonyl (C=O) groups excluding carboxylic acids is 1. The van der Waals surface area contributed by atoms with Crippen LogP contribution < -0.4 is 5.32 Å². The molecular weight excluding hydrogens is 302 g/mol. The van der Waals surface area contributed by atoms with Crippen LogP contribution in [0.2, 0.25) is 0 Å². The van der Waals surface area contributed by atoms with E-state index in [0.717, 1.165) is 45.2 Å². The van der Waals surface area contributed by atoms with Crippen LogP contribution in [0.4, 0.5) is 0 Å². The summed E-state index contributed by atoms with van der Waals surface area (Å²) in [5.74, 6) is 1.91. The number of likely N-dealkylation sites (tertiary alicyclic amines) is 1. The van der Waals surface area contributed by atoms with Crippen LogP contribution in [0.15, 0.2) is 4.99 Å². The Bertz CT molecular complexity index is 410. The highest BCUT2D eigenvalue weighted by atomic mass is 16.2. The molecule has 0 radical (unpaired) electrons. The van der Waals surface area contributed by atoms with Crippen LogP contribution in [-0.4, -0.2) is 85.5 Å². The molecule has 1 N–H and O–H groups in total. The summed E-state index contributed by atoms with van der Waals surface area (Å²) in [6, 6.07) is 0. The minimum atomic E-state index is 0.176. The van der Waals surface area contributed by atoms with Gasteiger partial charge in [-0.2, -0.15) is 0 Å². The number of guanidine groups is 1. The normalized spacial score (nSPS) is 21.2. The average molecular weight is 338 g/mol. The van der Waals surface area contributed by atoms with Crippen LogP contribution in [-0.2, 0) is 4.79 Å². The summed E-state index contributed by atoms with van der Waals surface area (Å²) < 4.78 is 0. The van der Waals surface area contributed by atoms with Crippen molar-refractivity contribution in [2.75, 3.05) is 58.9 Å².